The van der Waals surface area contributed by atoms with Crippen LogP contribution in [0.1, 0.15) is 24.0 Å². The third-order valence-corrected chi connectivity index (χ3v) is 4.51. The first-order valence-electron chi connectivity index (χ1n) is 7.36. The van der Waals surface area contributed by atoms with E-state index in [1.807, 2.05) is 24.3 Å². The second-order valence-electron chi connectivity index (χ2n) is 5.74. The Hall–Kier alpha value is -2.42. The zero-order valence-corrected chi connectivity index (χ0v) is 11.6. The molecule has 3 nitrogen and oxygen atoms in total. The summed E-state index contributed by atoms with van der Waals surface area (Å²) in [5.74, 6) is 0. The highest BCUT2D eigenvalue weighted by Crippen LogP contribution is 2.37. The van der Waals surface area contributed by atoms with E-state index in [9.17, 15) is 10.1 Å². The Kier molecular flexibility index (Phi) is 2.67. The van der Waals surface area contributed by atoms with Gasteiger partial charge >= 0.3 is 0 Å². The first kappa shape index (κ1) is 12.3. The SMILES string of the molecule is O=[N+]([O-])c1cc2c(c3cc4ccccc4cc13)CCCC2. The lowest BCUT2D eigenvalue weighted by atomic mass is 9.86. The lowest BCUT2D eigenvalue weighted by Crippen LogP contribution is -2.05. The molecule has 0 aliphatic heterocycles. The summed E-state index contributed by atoms with van der Waals surface area (Å²) in [6, 6.07) is 14.0. The van der Waals surface area contributed by atoms with Crippen molar-refractivity contribution >= 4 is 27.2 Å². The van der Waals surface area contributed by atoms with E-state index in [1.165, 1.54) is 12.0 Å². The van der Waals surface area contributed by atoms with E-state index in [1.54, 1.807) is 6.07 Å². The molecule has 0 spiro atoms. The Morgan fingerprint density at radius 2 is 1.57 bits per heavy atom. The van der Waals surface area contributed by atoms with Gasteiger partial charge in [0.15, 0.2) is 0 Å². The highest BCUT2D eigenvalue weighted by Gasteiger charge is 2.21. The second-order valence-corrected chi connectivity index (χ2v) is 5.74. The molecule has 3 aromatic rings. The molecule has 3 heteroatoms. The normalized spacial score (nSPS) is 14.3. The van der Waals surface area contributed by atoms with Gasteiger partial charge in [0.2, 0.25) is 0 Å². The monoisotopic (exact) mass is 277 g/mol. The number of hydrogen-bond donors (Lipinski definition) is 0. The van der Waals surface area contributed by atoms with Crippen molar-refractivity contribution in [3.63, 3.8) is 0 Å². The summed E-state index contributed by atoms with van der Waals surface area (Å²) in [6.07, 6.45) is 4.29. The summed E-state index contributed by atoms with van der Waals surface area (Å²) >= 11 is 0. The minimum absolute atomic E-state index is 0.244. The van der Waals surface area contributed by atoms with Crippen molar-refractivity contribution in [1.82, 2.24) is 0 Å². The zero-order chi connectivity index (χ0) is 14.4. The molecule has 0 amide bonds. The van der Waals surface area contributed by atoms with Crippen molar-refractivity contribution in [3.8, 4) is 0 Å². The average Bonchev–Trinajstić information content (AvgIpc) is 2.52. The van der Waals surface area contributed by atoms with Gasteiger partial charge in [-0.3, -0.25) is 10.1 Å². The number of fused-ring (bicyclic) bond motifs is 4. The molecule has 1 aliphatic carbocycles. The molecule has 0 atom stereocenters. The molecule has 0 radical (unpaired) electrons. The number of hydrogen-bond acceptors (Lipinski definition) is 2. The van der Waals surface area contributed by atoms with Gasteiger partial charge in [0.05, 0.1) is 10.3 Å². The van der Waals surface area contributed by atoms with Gasteiger partial charge in [0.1, 0.15) is 0 Å². The number of nitro groups is 1. The molecule has 0 bridgehead atoms. The molecule has 21 heavy (non-hydrogen) atoms. The Morgan fingerprint density at radius 1 is 0.905 bits per heavy atom. The van der Waals surface area contributed by atoms with Gasteiger partial charge in [-0.15, -0.1) is 0 Å². The standard InChI is InChI=1S/C18H15NO2/c20-19(21)18-11-14-7-3-4-8-15(14)16-9-12-5-1-2-6-13(12)10-17(16)18/h1-2,5-6,9-11H,3-4,7-8H2. The summed E-state index contributed by atoms with van der Waals surface area (Å²) in [6.45, 7) is 0. The Morgan fingerprint density at radius 3 is 2.29 bits per heavy atom. The van der Waals surface area contributed by atoms with Crippen LogP contribution in [-0.2, 0) is 12.8 Å². The predicted molar refractivity (Wildman–Crippen MR) is 84.8 cm³/mol. The zero-order valence-electron chi connectivity index (χ0n) is 11.6. The second kappa shape index (κ2) is 4.55. The van der Waals surface area contributed by atoms with Crippen molar-refractivity contribution in [2.24, 2.45) is 0 Å². The third-order valence-electron chi connectivity index (χ3n) is 4.51. The van der Waals surface area contributed by atoms with Crippen LogP contribution in [0.3, 0.4) is 0 Å². The van der Waals surface area contributed by atoms with Crippen LogP contribution in [0.2, 0.25) is 0 Å². The van der Waals surface area contributed by atoms with Gasteiger partial charge in [-0.1, -0.05) is 24.3 Å². The van der Waals surface area contributed by atoms with Crippen LogP contribution in [-0.4, -0.2) is 4.92 Å². The van der Waals surface area contributed by atoms with Crippen molar-refractivity contribution < 1.29 is 4.92 Å². The maximum Gasteiger partial charge on any atom is 0.277 e. The molecule has 0 aromatic heterocycles. The number of rotatable bonds is 1. The van der Waals surface area contributed by atoms with Crippen LogP contribution >= 0.6 is 0 Å². The van der Waals surface area contributed by atoms with Gasteiger partial charge in [-0.05, 0) is 65.1 Å². The molecule has 1 aliphatic rings. The quantitative estimate of drug-likeness (QED) is 0.365. The summed E-state index contributed by atoms with van der Waals surface area (Å²) in [7, 11) is 0. The number of non-ortho nitro benzene ring substituents is 1. The first-order chi connectivity index (χ1) is 10.2. The van der Waals surface area contributed by atoms with Crippen molar-refractivity contribution in [2.75, 3.05) is 0 Å². The highest BCUT2D eigenvalue weighted by molar-refractivity contribution is 6.04. The fourth-order valence-corrected chi connectivity index (χ4v) is 3.49. The minimum Gasteiger partial charge on any atom is -0.258 e. The summed E-state index contributed by atoms with van der Waals surface area (Å²) < 4.78 is 0. The van der Waals surface area contributed by atoms with Crippen LogP contribution in [0, 0.1) is 10.1 Å². The molecule has 0 unspecified atom stereocenters. The van der Waals surface area contributed by atoms with E-state index >= 15 is 0 Å². The number of aryl methyl sites for hydroxylation is 2. The van der Waals surface area contributed by atoms with Crippen molar-refractivity contribution in [2.45, 2.75) is 25.7 Å². The third kappa shape index (κ3) is 1.88. The van der Waals surface area contributed by atoms with E-state index in [-0.39, 0.29) is 10.6 Å². The van der Waals surface area contributed by atoms with E-state index in [4.69, 9.17) is 0 Å². The summed E-state index contributed by atoms with van der Waals surface area (Å²) in [5.41, 5.74) is 2.72. The van der Waals surface area contributed by atoms with Gasteiger partial charge in [-0.2, -0.15) is 0 Å². The van der Waals surface area contributed by atoms with E-state index in [0.29, 0.717) is 0 Å². The lowest BCUT2D eigenvalue weighted by Gasteiger charge is -2.18. The molecule has 0 N–H and O–H groups in total. The molecule has 4 rings (SSSR count). The summed E-state index contributed by atoms with van der Waals surface area (Å²) in [5, 5.41) is 15.5. The molecule has 0 fully saturated rings. The van der Waals surface area contributed by atoms with Gasteiger partial charge in [0.25, 0.3) is 5.69 Å². The molecule has 3 aromatic carbocycles. The number of nitrogens with zero attached hydrogens (tertiary/aromatic N) is 1. The lowest BCUT2D eigenvalue weighted by molar-refractivity contribution is -0.383. The first-order valence-corrected chi connectivity index (χ1v) is 7.36. The van der Waals surface area contributed by atoms with E-state index in [2.05, 4.69) is 12.1 Å². The average molecular weight is 277 g/mol. The number of benzene rings is 3. The largest absolute Gasteiger partial charge is 0.277 e. The summed E-state index contributed by atoms with van der Waals surface area (Å²) in [4.78, 5) is 11.2. The van der Waals surface area contributed by atoms with Crippen molar-refractivity contribution in [1.29, 1.82) is 0 Å². The van der Waals surface area contributed by atoms with Crippen LogP contribution in [0.5, 0.6) is 0 Å². The van der Waals surface area contributed by atoms with Gasteiger partial charge < -0.3 is 0 Å². The van der Waals surface area contributed by atoms with Crippen LogP contribution in [0.25, 0.3) is 21.5 Å². The Labute approximate surface area is 122 Å². The van der Waals surface area contributed by atoms with Crippen LogP contribution < -0.4 is 0 Å². The van der Waals surface area contributed by atoms with E-state index in [0.717, 1.165) is 46.4 Å². The molecule has 0 heterocycles. The smallest absolute Gasteiger partial charge is 0.258 e. The van der Waals surface area contributed by atoms with Crippen LogP contribution in [0.4, 0.5) is 5.69 Å². The minimum atomic E-state index is -0.244. The van der Waals surface area contributed by atoms with E-state index < -0.39 is 0 Å². The highest BCUT2D eigenvalue weighted by atomic mass is 16.6. The van der Waals surface area contributed by atoms with Crippen LogP contribution in [0.15, 0.2) is 42.5 Å². The molecular weight excluding hydrogens is 262 g/mol. The fraction of sp³-hybridized carbons (Fsp3) is 0.222. The van der Waals surface area contributed by atoms with Gasteiger partial charge in [0, 0.05) is 6.07 Å². The Balaban J connectivity index is 2.17. The van der Waals surface area contributed by atoms with Crippen molar-refractivity contribution in [3.05, 3.63) is 63.7 Å². The number of nitro benzene ring substituents is 1. The van der Waals surface area contributed by atoms with Gasteiger partial charge in [-0.25, -0.2) is 0 Å². The molecular formula is C18H15NO2. The fourth-order valence-electron chi connectivity index (χ4n) is 3.49. The predicted octanol–water partition coefficient (Wildman–Crippen LogP) is 4.78. The Bertz CT molecular complexity index is 883. The topological polar surface area (TPSA) is 43.1 Å². The maximum atomic E-state index is 11.4. The molecule has 0 saturated carbocycles. The molecule has 0 saturated heterocycles. The molecule has 104 valence electrons. The maximum absolute atomic E-state index is 11.4.